The highest BCUT2D eigenvalue weighted by atomic mass is 16.2. The molecule has 4 N–H and O–H groups in total. The molecule has 0 aliphatic heterocycles. The fourth-order valence-corrected chi connectivity index (χ4v) is 2.31. The molecule has 0 aromatic rings. The Morgan fingerprint density at radius 2 is 2.00 bits per heavy atom. The maximum atomic E-state index is 11.5. The molecule has 0 spiro atoms. The number of rotatable bonds is 3. The SMILES string of the molecule is CC1CCC(NC(=O)CNC(N)=O)C(C)C1. The van der Waals surface area contributed by atoms with Crippen molar-refractivity contribution in [3.05, 3.63) is 0 Å². The van der Waals surface area contributed by atoms with Crippen LogP contribution in [0.1, 0.15) is 33.1 Å². The highest BCUT2D eigenvalue weighted by Gasteiger charge is 2.26. The Morgan fingerprint density at radius 3 is 2.56 bits per heavy atom. The minimum absolute atomic E-state index is 0.0336. The number of nitrogens with two attached hydrogens (primary N) is 1. The molecular weight excluding hydrogens is 206 g/mol. The zero-order chi connectivity index (χ0) is 12.1. The second-order valence-corrected chi connectivity index (χ2v) is 4.79. The summed E-state index contributed by atoms with van der Waals surface area (Å²) in [6.45, 7) is 4.36. The number of nitrogens with one attached hydrogen (secondary N) is 2. The van der Waals surface area contributed by atoms with Crippen molar-refractivity contribution in [2.45, 2.75) is 39.2 Å². The van der Waals surface area contributed by atoms with Crippen molar-refractivity contribution in [3.8, 4) is 0 Å². The van der Waals surface area contributed by atoms with E-state index in [0.717, 1.165) is 25.2 Å². The Hall–Kier alpha value is -1.26. The van der Waals surface area contributed by atoms with Crippen LogP contribution in [0.3, 0.4) is 0 Å². The zero-order valence-corrected chi connectivity index (χ0v) is 9.95. The van der Waals surface area contributed by atoms with Gasteiger partial charge in [0.2, 0.25) is 5.91 Å². The quantitative estimate of drug-likeness (QED) is 0.659. The van der Waals surface area contributed by atoms with Gasteiger partial charge in [-0.2, -0.15) is 0 Å². The zero-order valence-electron chi connectivity index (χ0n) is 9.95. The molecule has 1 aliphatic rings. The van der Waals surface area contributed by atoms with Crippen LogP contribution in [0.4, 0.5) is 4.79 Å². The van der Waals surface area contributed by atoms with Crippen LogP contribution in [0.2, 0.25) is 0 Å². The third kappa shape index (κ3) is 4.08. The van der Waals surface area contributed by atoms with Gasteiger partial charge in [0.25, 0.3) is 0 Å². The van der Waals surface area contributed by atoms with E-state index in [2.05, 4.69) is 24.5 Å². The van der Waals surface area contributed by atoms with Gasteiger partial charge in [0.05, 0.1) is 6.54 Å². The molecule has 5 nitrogen and oxygen atoms in total. The molecule has 3 unspecified atom stereocenters. The summed E-state index contributed by atoms with van der Waals surface area (Å²) in [6, 6.07) is -0.432. The van der Waals surface area contributed by atoms with Crippen LogP contribution in [-0.4, -0.2) is 24.5 Å². The minimum Gasteiger partial charge on any atom is -0.352 e. The van der Waals surface area contributed by atoms with Crippen LogP contribution in [0.15, 0.2) is 0 Å². The maximum absolute atomic E-state index is 11.5. The van der Waals surface area contributed by atoms with E-state index in [4.69, 9.17) is 5.73 Å². The molecule has 5 heteroatoms. The van der Waals surface area contributed by atoms with E-state index in [0.29, 0.717) is 5.92 Å². The predicted molar refractivity (Wildman–Crippen MR) is 61.7 cm³/mol. The molecule has 1 saturated carbocycles. The van der Waals surface area contributed by atoms with E-state index in [1.807, 2.05) is 0 Å². The summed E-state index contributed by atoms with van der Waals surface area (Å²) in [5, 5.41) is 5.22. The van der Waals surface area contributed by atoms with Gasteiger partial charge in [-0.15, -0.1) is 0 Å². The standard InChI is InChI=1S/C11H21N3O2/c1-7-3-4-9(8(2)5-7)14-10(15)6-13-11(12)16/h7-9H,3-6H2,1-2H3,(H,14,15)(H3,12,13,16). The van der Waals surface area contributed by atoms with Gasteiger partial charge < -0.3 is 16.4 Å². The third-order valence-electron chi connectivity index (χ3n) is 3.20. The van der Waals surface area contributed by atoms with E-state index in [1.54, 1.807) is 0 Å². The summed E-state index contributed by atoms with van der Waals surface area (Å²) in [7, 11) is 0. The molecule has 92 valence electrons. The molecule has 1 aliphatic carbocycles. The van der Waals surface area contributed by atoms with Crippen LogP contribution >= 0.6 is 0 Å². The largest absolute Gasteiger partial charge is 0.352 e. The van der Waals surface area contributed by atoms with Gasteiger partial charge in [-0.25, -0.2) is 4.79 Å². The molecule has 1 rings (SSSR count). The first-order valence-corrected chi connectivity index (χ1v) is 5.81. The van der Waals surface area contributed by atoms with Gasteiger partial charge in [-0.05, 0) is 31.1 Å². The van der Waals surface area contributed by atoms with Crippen LogP contribution < -0.4 is 16.4 Å². The Bertz CT molecular complexity index is 268. The lowest BCUT2D eigenvalue weighted by Crippen LogP contribution is -2.47. The number of carbonyl (C=O) groups excluding carboxylic acids is 2. The van der Waals surface area contributed by atoms with Crippen LogP contribution in [0, 0.1) is 11.8 Å². The van der Waals surface area contributed by atoms with E-state index >= 15 is 0 Å². The Kier molecular flexibility index (Phi) is 4.58. The topological polar surface area (TPSA) is 84.2 Å². The van der Waals surface area contributed by atoms with E-state index in [-0.39, 0.29) is 18.5 Å². The average Bonchev–Trinajstić information content (AvgIpc) is 2.19. The van der Waals surface area contributed by atoms with Gasteiger partial charge in [-0.1, -0.05) is 13.8 Å². The van der Waals surface area contributed by atoms with Gasteiger partial charge in [0, 0.05) is 6.04 Å². The number of hydrogen-bond donors (Lipinski definition) is 3. The molecule has 0 aromatic heterocycles. The predicted octanol–water partition coefficient (Wildman–Crippen LogP) is 0.596. The number of hydrogen-bond acceptors (Lipinski definition) is 2. The van der Waals surface area contributed by atoms with Gasteiger partial charge in [0.15, 0.2) is 0 Å². The summed E-state index contributed by atoms with van der Waals surface area (Å²) in [4.78, 5) is 21.9. The summed E-state index contributed by atoms with van der Waals surface area (Å²) in [6.07, 6.45) is 3.32. The van der Waals surface area contributed by atoms with Crippen molar-refractivity contribution in [1.82, 2.24) is 10.6 Å². The van der Waals surface area contributed by atoms with Crippen molar-refractivity contribution >= 4 is 11.9 Å². The first kappa shape index (κ1) is 12.8. The van der Waals surface area contributed by atoms with Crippen LogP contribution in [-0.2, 0) is 4.79 Å². The molecule has 16 heavy (non-hydrogen) atoms. The van der Waals surface area contributed by atoms with Crippen LogP contribution in [0.5, 0.6) is 0 Å². The maximum Gasteiger partial charge on any atom is 0.312 e. The molecule has 3 amide bonds. The second-order valence-electron chi connectivity index (χ2n) is 4.79. The number of carbonyl (C=O) groups is 2. The summed E-state index contributed by atoms with van der Waals surface area (Å²) in [5.41, 5.74) is 4.89. The Morgan fingerprint density at radius 1 is 1.31 bits per heavy atom. The van der Waals surface area contributed by atoms with Gasteiger partial charge in [-0.3, -0.25) is 4.79 Å². The summed E-state index contributed by atoms with van der Waals surface area (Å²) in [5.74, 6) is 1.08. The van der Waals surface area contributed by atoms with Gasteiger partial charge in [0.1, 0.15) is 0 Å². The highest BCUT2D eigenvalue weighted by molar-refractivity contribution is 5.83. The number of primary amides is 1. The average molecular weight is 227 g/mol. The first-order valence-electron chi connectivity index (χ1n) is 5.81. The van der Waals surface area contributed by atoms with E-state index in [9.17, 15) is 9.59 Å². The molecule has 0 aromatic carbocycles. The van der Waals surface area contributed by atoms with Crippen LogP contribution in [0.25, 0.3) is 0 Å². The number of amides is 3. The lowest BCUT2D eigenvalue weighted by Gasteiger charge is -2.33. The number of urea groups is 1. The molecule has 1 fully saturated rings. The third-order valence-corrected chi connectivity index (χ3v) is 3.20. The molecule has 0 radical (unpaired) electrons. The second kappa shape index (κ2) is 5.72. The first-order chi connectivity index (χ1) is 7.49. The Labute approximate surface area is 96.1 Å². The van der Waals surface area contributed by atoms with Crippen molar-refractivity contribution in [1.29, 1.82) is 0 Å². The molecule has 0 bridgehead atoms. The van der Waals surface area contributed by atoms with E-state index in [1.165, 1.54) is 0 Å². The van der Waals surface area contributed by atoms with Crippen molar-refractivity contribution < 1.29 is 9.59 Å². The molecule has 3 atom stereocenters. The fraction of sp³-hybridized carbons (Fsp3) is 0.818. The van der Waals surface area contributed by atoms with E-state index < -0.39 is 6.03 Å². The molecule has 0 saturated heterocycles. The van der Waals surface area contributed by atoms with Crippen molar-refractivity contribution in [2.24, 2.45) is 17.6 Å². The van der Waals surface area contributed by atoms with Crippen molar-refractivity contribution in [2.75, 3.05) is 6.54 Å². The molecule has 0 heterocycles. The fourth-order valence-electron chi connectivity index (χ4n) is 2.31. The highest BCUT2D eigenvalue weighted by Crippen LogP contribution is 2.28. The summed E-state index contributed by atoms with van der Waals surface area (Å²) >= 11 is 0. The smallest absolute Gasteiger partial charge is 0.312 e. The lowest BCUT2D eigenvalue weighted by atomic mass is 9.80. The lowest BCUT2D eigenvalue weighted by molar-refractivity contribution is -0.121. The molecular formula is C11H21N3O2. The Balaban J connectivity index is 2.30. The van der Waals surface area contributed by atoms with Crippen molar-refractivity contribution in [3.63, 3.8) is 0 Å². The summed E-state index contributed by atoms with van der Waals surface area (Å²) < 4.78 is 0. The monoisotopic (exact) mass is 227 g/mol. The van der Waals surface area contributed by atoms with Gasteiger partial charge >= 0.3 is 6.03 Å². The normalized spacial score (nSPS) is 29.5. The minimum atomic E-state index is -0.666.